The van der Waals surface area contributed by atoms with Crippen molar-refractivity contribution in [2.75, 3.05) is 26.2 Å². The lowest BCUT2D eigenvalue weighted by Crippen LogP contribution is -2.50. The Balaban J connectivity index is 1.40. The Morgan fingerprint density at radius 2 is 1.31 bits per heavy atom. The summed E-state index contributed by atoms with van der Waals surface area (Å²) in [6.07, 6.45) is 7.91. The maximum atomic E-state index is 12.8. The highest BCUT2D eigenvalue weighted by Gasteiger charge is 2.26. The highest BCUT2D eigenvalue weighted by atomic mass is 16.2. The van der Waals surface area contributed by atoms with Crippen LogP contribution in [0.1, 0.15) is 44.7 Å². The van der Waals surface area contributed by atoms with Crippen LogP contribution in [0.5, 0.6) is 0 Å². The van der Waals surface area contributed by atoms with Crippen LogP contribution in [0.4, 0.5) is 0 Å². The zero-order chi connectivity index (χ0) is 17.9. The molecular formula is C21H23N3O2. The molecule has 0 radical (unpaired) electrons. The minimum absolute atomic E-state index is 0.00767. The van der Waals surface area contributed by atoms with E-state index >= 15 is 0 Å². The molecule has 134 valence electrons. The first-order valence-electron chi connectivity index (χ1n) is 9.33. The predicted molar refractivity (Wildman–Crippen MR) is 99.1 cm³/mol. The number of nitrogens with zero attached hydrogens (tertiary/aromatic N) is 3. The normalized spacial score (nSPS) is 16.9. The summed E-state index contributed by atoms with van der Waals surface area (Å²) < 4.78 is 0. The molecule has 4 rings (SSSR count). The number of fused-ring (bicyclic) bond motifs is 1. The number of benzene rings is 1. The summed E-state index contributed by atoms with van der Waals surface area (Å²) >= 11 is 0. The second-order valence-corrected chi connectivity index (χ2v) is 7.01. The predicted octanol–water partition coefficient (Wildman–Crippen LogP) is 2.56. The Kier molecular flexibility index (Phi) is 4.69. The van der Waals surface area contributed by atoms with E-state index in [0.29, 0.717) is 31.7 Å². The third-order valence-electron chi connectivity index (χ3n) is 5.38. The molecule has 26 heavy (non-hydrogen) atoms. The van der Waals surface area contributed by atoms with Gasteiger partial charge in [0.25, 0.3) is 11.8 Å². The average Bonchev–Trinajstić information content (AvgIpc) is 2.73. The summed E-state index contributed by atoms with van der Waals surface area (Å²) in [4.78, 5) is 33.0. The van der Waals surface area contributed by atoms with E-state index in [0.717, 1.165) is 18.4 Å². The second-order valence-electron chi connectivity index (χ2n) is 7.01. The fraction of sp³-hybridized carbons (Fsp3) is 0.381. The number of piperazine rings is 1. The quantitative estimate of drug-likeness (QED) is 0.837. The molecule has 1 aromatic carbocycles. The average molecular weight is 349 g/mol. The number of carbonyl (C=O) groups excluding carboxylic acids is 2. The molecule has 0 N–H and O–H groups in total. The molecule has 1 aliphatic heterocycles. The first kappa shape index (κ1) is 16.8. The van der Waals surface area contributed by atoms with E-state index in [1.807, 2.05) is 15.9 Å². The van der Waals surface area contributed by atoms with Crippen LogP contribution in [-0.4, -0.2) is 52.8 Å². The van der Waals surface area contributed by atoms with E-state index in [-0.39, 0.29) is 11.8 Å². The van der Waals surface area contributed by atoms with E-state index in [1.54, 1.807) is 24.5 Å². The second kappa shape index (κ2) is 7.28. The molecule has 2 aromatic rings. The molecule has 5 nitrogen and oxygen atoms in total. The Hall–Kier alpha value is -2.69. The van der Waals surface area contributed by atoms with E-state index in [1.165, 1.54) is 24.0 Å². The fourth-order valence-corrected chi connectivity index (χ4v) is 3.84. The number of amides is 2. The number of pyridine rings is 1. The summed E-state index contributed by atoms with van der Waals surface area (Å²) in [5.41, 5.74) is 4.14. The molecule has 1 aliphatic carbocycles. The van der Waals surface area contributed by atoms with Crippen molar-refractivity contribution >= 4 is 11.8 Å². The van der Waals surface area contributed by atoms with Crippen LogP contribution in [-0.2, 0) is 12.8 Å². The van der Waals surface area contributed by atoms with Crippen LogP contribution >= 0.6 is 0 Å². The van der Waals surface area contributed by atoms with Crippen LogP contribution in [0.2, 0.25) is 0 Å². The summed E-state index contributed by atoms with van der Waals surface area (Å²) in [7, 11) is 0. The van der Waals surface area contributed by atoms with Gasteiger partial charge in [-0.2, -0.15) is 0 Å². The van der Waals surface area contributed by atoms with Gasteiger partial charge in [0.1, 0.15) is 0 Å². The lowest BCUT2D eigenvalue weighted by Gasteiger charge is -2.35. The summed E-state index contributed by atoms with van der Waals surface area (Å²) in [6.45, 7) is 2.29. The topological polar surface area (TPSA) is 53.5 Å². The summed E-state index contributed by atoms with van der Waals surface area (Å²) in [5, 5.41) is 0. The number of hydrogen-bond acceptors (Lipinski definition) is 3. The molecule has 2 heterocycles. The van der Waals surface area contributed by atoms with Crippen molar-refractivity contribution in [2.45, 2.75) is 25.7 Å². The number of hydrogen-bond donors (Lipinski definition) is 0. The third kappa shape index (κ3) is 3.34. The lowest BCUT2D eigenvalue weighted by molar-refractivity contribution is 0.0535. The van der Waals surface area contributed by atoms with Gasteiger partial charge >= 0.3 is 0 Å². The Bertz CT molecular complexity index is 811. The van der Waals surface area contributed by atoms with Gasteiger partial charge in [-0.25, -0.2) is 0 Å². The third-order valence-corrected chi connectivity index (χ3v) is 5.38. The Morgan fingerprint density at radius 3 is 1.96 bits per heavy atom. The van der Waals surface area contributed by atoms with E-state index in [4.69, 9.17) is 0 Å². The van der Waals surface area contributed by atoms with Gasteiger partial charge in [-0.05, 0) is 61.1 Å². The highest BCUT2D eigenvalue weighted by Crippen LogP contribution is 2.23. The van der Waals surface area contributed by atoms with Crippen LogP contribution in [0.15, 0.2) is 42.7 Å². The molecule has 0 atom stereocenters. The highest BCUT2D eigenvalue weighted by molar-refractivity contribution is 5.96. The van der Waals surface area contributed by atoms with Crippen LogP contribution in [0, 0.1) is 0 Å². The van der Waals surface area contributed by atoms with Gasteiger partial charge in [-0.1, -0.05) is 6.07 Å². The Morgan fingerprint density at radius 1 is 0.731 bits per heavy atom. The van der Waals surface area contributed by atoms with Gasteiger partial charge in [0, 0.05) is 49.7 Å². The molecule has 2 amide bonds. The standard InChI is InChI=1S/C21H23N3O2/c25-20(17-7-9-22-10-8-17)23-11-13-24(14-12-23)21(26)19-6-5-16-3-1-2-4-18(16)15-19/h5-10,15H,1-4,11-14H2. The molecule has 0 saturated carbocycles. The van der Waals surface area contributed by atoms with Crippen LogP contribution in [0.3, 0.4) is 0 Å². The first-order valence-corrected chi connectivity index (χ1v) is 9.33. The van der Waals surface area contributed by atoms with Crippen molar-refractivity contribution in [3.8, 4) is 0 Å². The van der Waals surface area contributed by atoms with Crippen molar-refractivity contribution in [2.24, 2.45) is 0 Å². The number of aryl methyl sites for hydroxylation is 2. The van der Waals surface area contributed by atoms with Gasteiger partial charge in [-0.15, -0.1) is 0 Å². The molecule has 1 saturated heterocycles. The molecule has 1 aromatic heterocycles. The maximum Gasteiger partial charge on any atom is 0.254 e. The fourth-order valence-electron chi connectivity index (χ4n) is 3.84. The van der Waals surface area contributed by atoms with Crippen molar-refractivity contribution in [3.05, 3.63) is 65.0 Å². The molecular weight excluding hydrogens is 326 g/mol. The zero-order valence-corrected chi connectivity index (χ0v) is 14.9. The molecule has 2 aliphatic rings. The van der Waals surface area contributed by atoms with E-state index in [9.17, 15) is 9.59 Å². The molecule has 0 unspecified atom stereocenters. The van der Waals surface area contributed by atoms with Crippen molar-refractivity contribution in [1.82, 2.24) is 14.8 Å². The van der Waals surface area contributed by atoms with Crippen LogP contribution in [0.25, 0.3) is 0 Å². The lowest BCUT2D eigenvalue weighted by atomic mass is 9.90. The van der Waals surface area contributed by atoms with Crippen molar-refractivity contribution in [3.63, 3.8) is 0 Å². The summed E-state index contributed by atoms with van der Waals surface area (Å²) in [6, 6.07) is 9.61. The van der Waals surface area contributed by atoms with Gasteiger partial charge in [0.05, 0.1) is 0 Å². The van der Waals surface area contributed by atoms with E-state index in [2.05, 4.69) is 17.1 Å². The van der Waals surface area contributed by atoms with Crippen molar-refractivity contribution < 1.29 is 9.59 Å². The Labute approximate surface area is 153 Å². The van der Waals surface area contributed by atoms with Crippen molar-refractivity contribution in [1.29, 1.82) is 0 Å². The summed E-state index contributed by atoms with van der Waals surface area (Å²) in [5.74, 6) is 0.0858. The SMILES string of the molecule is O=C(c1ccncc1)N1CCN(C(=O)c2ccc3c(c2)CCCC3)CC1. The minimum Gasteiger partial charge on any atom is -0.335 e. The number of rotatable bonds is 2. The largest absolute Gasteiger partial charge is 0.335 e. The molecule has 0 spiro atoms. The van der Waals surface area contributed by atoms with Gasteiger partial charge in [-0.3, -0.25) is 14.6 Å². The van der Waals surface area contributed by atoms with E-state index < -0.39 is 0 Å². The van der Waals surface area contributed by atoms with Gasteiger partial charge in [0.2, 0.25) is 0 Å². The van der Waals surface area contributed by atoms with Crippen LogP contribution < -0.4 is 0 Å². The first-order chi connectivity index (χ1) is 12.7. The minimum atomic E-state index is 0.00767. The molecule has 5 heteroatoms. The number of aromatic nitrogens is 1. The molecule has 1 fully saturated rings. The zero-order valence-electron chi connectivity index (χ0n) is 14.9. The monoisotopic (exact) mass is 349 g/mol. The maximum absolute atomic E-state index is 12.8. The van der Waals surface area contributed by atoms with Gasteiger partial charge in [0.15, 0.2) is 0 Å². The number of carbonyl (C=O) groups is 2. The van der Waals surface area contributed by atoms with Gasteiger partial charge < -0.3 is 9.80 Å². The smallest absolute Gasteiger partial charge is 0.254 e. The molecule has 0 bridgehead atoms.